The number of rotatable bonds is 13. The van der Waals surface area contributed by atoms with Crippen LogP contribution < -0.4 is 11.1 Å². The average molecular weight is 486 g/mol. The molecule has 8 nitrogen and oxygen atoms in total. The molecule has 192 valence electrons. The number of phenols is 1. The molecule has 0 spiro atoms. The third kappa shape index (κ3) is 11.5. The molecule has 0 fully saturated rings. The van der Waals surface area contributed by atoms with Gasteiger partial charge in [0.05, 0.1) is 29.5 Å². The standard InChI is InChI=1S/C27H39N3O5/c1-17(2)14-22(30-27(34)23-11-7-8-13-25(23)31)16-35-19(4)10-9-12-24(20(5)21(6)28)29-18(3)15-26(32)33/h7-13,17,21-22,31H,14-16,28H2,1-6H3,(H,30,34)(H,32,33)/b12-9-,19-10+,24-20-,29-18-. The van der Waals surface area contributed by atoms with E-state index in [2.05, 4.69) is 24.2 Å². The molecular weight excluding hydrogens is 446 g/mol. The Morgan fingerprint density at radius 1 is 1.17 bits per heavy atom. The zero-order chi connectivity index (χ0) is 26.5. The Morgan fingerprint density at radius 2 is 1.83 bits per heavy atom. The van der Waals surface area contributed by atoms with Crippen molar-refractivity contribution in [2.75, 3.05) is 6.61 Å². The maximum absolute atomic E-state index is 12.6. The van der Waals surface area contributed by atoms with Crippen LogP contribution in [0.25, 0.3) is 0 Å². The molecule has 1 aromatic carbocycles. The Labute approximate surface area is 208 Å². The van der Waals surface area contributed by atoms with Crippen molar-refractivity contribution in [2.24, 2.45) is 16.6 Å². The maximum Gasteiger partial charge on any atom is 0.309 e. The van der Waals surface area contributed by atoms with Crippen LogP contribution in [-0.4, -0.2) is 46.5 Å². The van der Waals surface area contributed by atoms with Crippen LogP contribution in [0.1, 0.15) is 64.7 Å². The number of hydrogen-bond acceptors (Lipinski definition) is 6. The third-order valence-electron chi connectivity index (χ3n) is 5.14. The van der Waals surface area contributed by atoms with Gasteiger partial charge in [0.25, 0.3) is 5.91 Å². The van der Waals surface area contributed by atoms with Gasteiger partial charge in [-0.2, -0.15) is 0 Å². The van der Waals surface area contributed by atoms with E-state index in [4.69, 9.17) is 15.6 Å². The van der Waals surface area contributed by atoms with Gasteiger partial charge in [-0.25, -0.2) is 0 Å². The topological polar surface area (TPSA) is 134 Å². The molecule has 0 saturated carbocycles. The van der Waals surface area contributed by atoms with Gasteiger partial charge >= 0.3 is 5.97 Å². The van der Waals surface area contributed by atoms with Gasteiger partial charge in [-0.1, -0.05) is 32.1 Å². The summed E-state index contributed by atoms with van der Waals surface area (Å²) in [6.45, 7) is 11.6. The van der Waals surface area contributed by atoms with Crippen molar-refractivity contribution in [3.8, 4) is 5.75 Å². The second kappa shape index (κ2) is 14.8. The van der Waals surface area contributed by atoms with Crippen molar-refractivity contribution >= 4 is 17.6 Å². The third-order valence-corrected chi connectivity index (χ3v) is 5.14. The number of aliphatic imine (C=N–C) groups is 1. The molecule has 35 heavy (non-hydrogen) atoms. The molecule has 0 aliphatic rings. The molecule has 2 unspecified atom stereocenters. The second-order valence-electron chi connectivity index (χ2n) is 9.04. The molecular formula is C27H39N3O5. The molecule has 0 heterocycles. The van der Waals surface area contributed by atoms with E-state index in [-0.39, 0.29) is 42.3 Å². The predicted molar refractivity (Wildman–Crippen MR) is 139 cm³/mol. The minimum absolute atomic E-state index is 0.0670. The lowest BCUT2D eigenvalue weighted by molar-refractivity contribution is -0.135. The highest BCUT2D eigenvalue weighted by Crippen LogP contribution is 2.17. The zero-order valence-electron chi connectivity index (χ0n) is 21.5. The SMILES string of the molecule is C/C(CC(=O)O)=N/C(/C=C\C=C(/C)OCC(CC(C)C)NC(=O)c1ccccc1O)=C(/C)C(C)N. The number of nitrogens with zero attached hydrogens (tertiary/aromatic N) is 1. The van der Waals surface area contributed by atoms with Crippen molar-refractivity contribution in [1.82, 2.24) is 5.32 Å². The number of amides is 1. The first-order valence-corrected chi connectivity index (χ1v) is 11.7. The normalized spacial score (nSPS) is 15.1. The molecule has 0 aliphatic heterocycles. The molecule has 0 radical (unpaired) electrons. The van der Waals surface area contributed by atoms with Crippen LogP contribution in [0.3, 0.4) is 0 Å². The van der Waals surface area contributed by atoms with Gasteiger partial charge in [0.1, 0.15) is 12.4 Å². The number of phenolic OH excluding ortho intramolecular Hbond substituents is 1. The maximum atomic E-state index is 12.6. The number of allylic oxidation sites excluding steroid dienone is 4. The van der Waals surface area contributed by atoms with Gasteiger partial charge in [0.2, 0.25) is 0 Å². The lowest BCUT2D eigenvalue weighted by Gasteiger charge is -2.21. The summed E-state index contributed by atoms with van der Waals surface area (Å²) >= 11 is 0. The van der Waals surface area contributed by atoms with Crippen LogP contribution in [-0.2, 0) is 9.53 Å². The number of carbonyl (C=O) groups excluding carboxylic acids is 1. The Kier molecular flexibility index (Phi) is 12.5. The van der Waals surface area contributed by atoms with Crippen molar-refractivity contribution in [3.05, 3.63) is 65.1 Å². The monoisotopic (exact) mass is 485 g/mol. The fourth-order valence-corrected chi connectivity index (χ4v) is 3.18. The quantitative estimate of drug-likeness (QED) is 0.184. The molecule has 1 rings (SSSR count). The van der Waals surface area contributed by atoms with E-state index in [1.165, 1.54) is 6.07 Å². The van der Waals surface area contributed by atoms with E-state index in [1.807, 2.05) is 20.8 Å². The lowest BCUT2D eigenvalue weighted by Crippen LogP contribution is -2.39. The molecule has 0 aromatic heterocycles. The van der Waals surface area contributed by atoms with E-state index in [9.17, 15) is 14.7 Å². The summed E-state index contributed by atoms with van der Waals surface area (Å²) in [7, 11) is 0. The average Bonchev–Trinajstić information content (AvgIpc) is 2.75. The van der Waals surface area contributed by atoms with Crippen LogP contribution >= 0.6 is 0 Å². The molecule has 5 N–H and O–H groups in total. The van der Waals surface area contributed by atoms with Crippen molar-refractivity contribution < 1.29 is 24.5 Å². The highest BCUT2D eigenvalue weighted by Gasteiger charge is 2.18. The van der Waals surface area contributed by atoms with Gasteiger partial charge in [0, 0.05) is 11.8 Å². The number of aliphatic carboxylic acids is 1. The summed E-state index contributed by atoms with van der Waals surface area (Å²) in [5, 5.41) is 21.9. The van der Waals surface area contributed by atoms with E-state index in [0.29, 0.717) is 29.5 Å². The summed E-state index contributed by atoms with van der Waals surface area (Å²) in [4.78, 5) is 28.0. The summed E-state index contributed by atoms with van der Waals surface area (Å²) in [6.07, 6.45) is 5.87. The minimum Gasteiger partial charge on any atom is -0.507 e. The number of nitrogens with one attached hydrogen (secondary N) is 1. The van der Waals surface area contributed by atoms with Crippen LogP contribution in [0.2, 0.25) is 0 Å². The summed E-state index contributed by atoms with van der Waals surface area (Å²) in [6, 6.07) is 5.94. The first-order chi connectivity index (χ1) is 16.4. The second-order valence-corrected chi connectivity index (χ2v) is 9.04. The molecule has 2 atom stereocenters. The largest absolute Gasteiger partial charge is 0.507 e. The Balaban J connectivity index is 2.91. The number of hydrogen-bond donors (Lipinski definition) is 4. The van der Waals surface area contributed by atoms with Crippen LogP contribution in [0.5, 0.6) is 5.75 Å². The number of carboxylic acids is 1. The van der Waals surface area contributed by atoms with E-state index >= 15 is 0 Å². The van der Waals surface area contributed by atoms with Crippen LogP contribution in [0, 0.1) is 5.92 Å². The fourth-order valence-electron chi connectivity index (χ4n) is 3.18. The van der Waals surface area contributed by atoms with Crippen molar-refractivity contribution in [2.45, 2.75) is 66.5 Å². The van der Waals surface area contributed by atoms with E-state index in [1.54, 1.807) is 43.4 Å². The molecule has 0 saturated heterocycles. The highest BCUT2D eigenvalue weighted by molar-refractivity contribution is 5.97. The van der Waals surface area contributed by atoms with Crippen LogP contribution in [0.15, 0.2) is 64.5 Å². The smallest absolute Gasteiger partial charge is 0.309 e. The first kappa shape index (κ1) is 29.6. The minimum atomic E-state index is -0.942. The predicted octanol–water partition coefficient (Wildman–Crippen LogP) is 4.57. The number of para-hydroxylation sites is 1. The van der Waals surface area contributed by atoms with Gasteiger partial charge < -0.3 is 26.0 Å². The Morgan fingerprint density at radius 3 is 2.40 bits per heavy atom. The summed E-state index contributed by atoms with van der Waals surface area (Å²) < 4.78 is 5.87. The number of nitrogens with two attached hydrogens (primary N) is 1. The zero-order valence-corrected chi connectivity index (χ0v) is 21.5. The molecule has 1 amide bonds. The van der Waals surface area contributed by atoms with Crippen LogP contribution in [0.4, 0.5) is 0 Å². The van der Waals surface area contributed by atoms with Crippen molar-refractivity contribution in [3.63, 3.8) is 0 Å². The van der Waals surface area contributed by atoms with Gasteiger partial charge in [-0.3, -0.25) is 14.6 Å². The number of carboxylic acid groups (broad SMARTS) is 1. The Hall–Kier alpha value is -3.39. The van der Waals surface area contributed by atoms with Gasteiger partial charge in [-0.05, 0) is 69.9 Å². The highest BCUT2D eigenvalue weighted by atomic mass is 16.5. The summed E-state index contributed by atoms with van der Waals surface area (Å²) in [5.41, 5.74) is 8.13. The molecule has 0 aliphatic carbocycles. The molecule has 0 bridgehead atoms. The first-order valence-electron chi connectivity index (χ1n) is 11.7. The van der Waals surface area contributed by atoms with Crippen molar-refractivity contribution in [1.29, 1.82) is 0 Å². The number of benzene rings is 1. The van der Waals surface area contributed by atoms with Gasteiger partial charge in [-0.15, -0.1) is 0 Å². The molecule has 1 aromatic rings. The molecule has 8 heteroatoms. The number of carbonyl (C=O) groups is 2. The number of aromatic hydroxyl groups is 1. The van der Waals surface area contributed by atoms with E-state index in [0.717, 1.165) is 5.57 Å². The van der Waals surface area contributed by atoms with Gasteiger partial charge in [0.15, 0.2) is 0 Å². The lowest BCUT2D eigenvalue weighted by atomic mass is 10.0. The summed E-state index contributed by atoms with van der Waals surface area (Å²) in [5.74, 6) is -0.394. The number of ether oxygens (including phenoxy) is 1. The Bertz CT molecular complexity index is 990. The fraction of sp³-hybridized carbons (Fsp3) is 0.444. The van der Waals surface area contributed by atoms with E-state index < -0.39 is 5.97 Å².